The van der Waals surface area contributed by atoms with Crippen LogP contribution < -0.4 is 4.90 Å². The summed E-state index contributed by atoms with van der Waals surface area (Å²) in [5.74, 6) is -1.05. The molecule has 0 unspecified atom stereocenters. The second-order valence-electron chi connectivity index (χ2n) is 10.9. The van der Waals surface area contributed by atoms with Crippen molar-refractivity contribution in [2.24, 2.45) is 0 Å². The lowest BCUT2D eigenvalue weighted by molar-refractivity contribution is -0.143. The van der Waals surface area contributed by atoms with E-state index >= 15 is 0 Å². The molecule has 0 atom stereocenters. The second-order valence-corrected chi connectivity index (χ2v) is 10.9. The monoisotopic (exact) mass is 578 g/mol. The minimum atomic E-state index is -5.05. The molecular weight excluding hydrogens is 549 g/mol. The first-order chi connectivity index (χ1) is 19.0. The zero-order valence-electron chi connectivity index (χ0n) is 23.0. The largest absolute Gasteiger partial charge is 0.416 e. The molecule has 1 heterocycles. The molecule has 1 aliphatic rings. The first-order valence-electron chi connectivity index (χ1n) is 13.1. The van der Waals surface area contributed by atoms with E-state index in [1.807, 2.05) is 6.07 Å². The predicted molar refractivity (Wildman–Crippen MR) is 142 cm³/mol. The van der Waals surface area contributed by atoms with Gasteiger partial charge in [0.15, 0.2) is 0 Å². The SMILES string of the molecule is Cc1cc(F)ccc1-c1cc(C2CC[C]CC2)ncc1N(C)C(=O)C(C)(C)c1cc(C(F)(F)F)cc(C(F)(F)F)c1. The molecule has 1 aromatic heterocycles. The lowest BCUT2D eigenvalue weighted by Crippen LogP contribution is -2.42. The van der Waals surface area contributed by atoms with Gasteiger partial charge in [0, 0.05) is 24.2 Å². The molecular formula is C31H29F7N2O. The highest BCUT2D eigenvalue weighted by Gasteiger charge is 2.41. The van der Waals surface area contributed by atoms with Crippen molar-refractivity contribution in [3.05, 3.63) is 88.8 Å². The Morgan fingerprint density at radius 1 is 0.878 bits per heavy atom. The molecule has 10 heteroatoms. The highest BCUT2D eigenvalue weighted by atomic mass is 19.4. The van der Waals surface area contributed by atoms with Gasteiger partial charge in [-0.25, -0.2) is 4.39 Å². The van der Waals surface area contributed by atoms with Crippen LogP contribution in [0.2, 0.25) is 0 Å². The van der Waals surface area contributed by atoms with Crippen LogP contribution in [0.5, 0.6) is 0 Å². The van der Waals surface area contributed by atoms with Crippen LogP contribution in [0.25, 0.3) is 11.1 Å². The minimum absolute atomic E-state index is 0.0343. The summed E-state index contributed by atoms with van der Waals surface area (Å²) in [7, 11) is 1.39. The molecule has 1 fully saturated rings. The fourth-order valence-corrected chi connectivity index (χ4v) is 5.19. The normalized spacial score (nSPS) is 15.2. The van der Waals surface area contributed by atoms with Gasteiger partial charge in [0.05, 0.1) is 28.4 Å². The average molecular weight is 579 g/mol. The quantitative estimate of drug-likeness (QED) is 0.283. The lowest BCUT2D eigenvalue weighted by Gasteiger charge is -2.32. The van der Waals surface area contributed by atoms with E-state index in [0.717, 1.165) is 31.4 Å². The van der Waals surface area contributed by atoms with Gasteiger partial charge in [-0.3, -0.25) is 9.78 Å². The van der Waals surface area contributed by atoms with Crippen molar-refractivity contribution in [2.45, 2.75) is 70.1 Å². The third kappa shape index (κ3) is 6.41. The Kier molecular flexibility index (Phi) is 8.26. The number of hydrogen-bond donors (Lipinski definition) is 0. The molecule has 1 amide bonds. The van der Waals surface area contributed by atoms with E-state index in [4.69, 9.17) is 0 Å². The molecule has 2 radical (unpaired) electrons. The molecule has 3 aromatic rings. The fraction of sp³-hybridized carbons (Fsp3) is 0.387. The van der Waals surface area contributed by atoms with Crippen LogP contribution >= 0.6 is 0 Å². The number of aromatic nitrogens is 1. The number of hydrogen-bond acceptors (Lipinski definition) is 2. The van der Waals surface area contributed by atoms with Crippen LogP contribution in [0.15, 0.2) is 48.7 Å². The summed E-state index contributed by atoms with van der Waals surface area (Å²) in [6.45, 7) is 4.27. The Balaban J connectivity index is 1.82. The van der Waals surface area contributed by atoms with Crippen LogP contribution in [0, 0.1) is 19.2 Å². The molecule has 1 saturated carbocycles. The van der Waals surface area contributed by atoms with Crippen LogP contribution in [0.4, 0.5) is 36.4 Å². The number of pyridine rings is 1. The number of amides is 1. The summed E-state index contributed by atoms with van der Waals surface area (Å²) in [6, 6.07) is 7.21. The molecule has 3 nitrogen and oxygen atoms in total. The van der Waals surface area contributed by atoms with Crippen molar-refractivity contribution >= 4 is 11.6 Å². The summed E-state index contributed by atoms with van der Waals surface area (Å²) < 4.78 is 95.2. The fourth-order valence-electron chi connectivity index (χ4n) is 5.19. The van der Waals surface area contributed by atoms with Gasteiger partial charge in [-0.1, -0.05) is 6.07 Å². The molecule has 218 valence electrons. The highest BCUT2D eigenvalue weighted by Crippen LogP contribution is 2.42. The number of halogens is 7. The van der Waals surface area contributed by atoms with Gasteiger partial charge in [0.1, 0.15) is 5.82 Å². The van der Waals surface area contributed by atoms with E-state index in [2.05, 4.69) is 11.4 Å². The number of anilines is 1. The van der Waals surface area contributed by atoms with Crippen molar-refractivity contribution in [3.8, 4) is 11.1 Å². The Morgan fingerprint density at radius 2 is 1.44 bits per heavy atom. The number of carbonyl (C=O) groups is 1. The van der Waals surface area contributed by atoms with Crippen molar-refractivity contribution in [1.29, 1.82) is 0 Å². The van der Waals surface area contributed by atoms with E-state index in [0.29, 0.717) is 34.5 Å². The summed E-state index contributed by atoms with van der Waals surface area (Å²) in [5.41, 5.74) is -2.40. The maximum Gasteiger partial charge on any atom is 0.416 e. The van der Waals surface area contributed by atoms with Crippen LogP contribution in [0.1, 0.15) is 73.4 Å². The number of likely N-dealkylation sites (N-methyl/N-ethyl adjacent to an activating group) is 1. The van der Waals surface area contributed by atoms with Crippen molar-refractivity contribution in [2.75, 3.05) is 11.9 Å². The standard InChI is InChI=1S/C31H29F7N2O/c1-18-12-23(32)10-11-24(18)25-16-26(19-8-6-5-7-9-19)39-17-27(25)40(4)28(41)29(2,3)20-13-21(30(33,34)35)15-22(14-20)31(36,37)38/h10-17,19H,6-9H2,1-4H3. The Hall–Kier alpha value is -3.43. The highest BCUT2D eigenvalue weighted by molar-refractivity contribution is 6.03. The third-order valence-electron chi connectivity index (χ3n) is 7.65. The average Bonchev–Trinajstić information content (AvgIpc) is 2.91. The maximum absolute atomic E-state index is 14.0. The first kappa shape index (κ1) is 30.5. The number of rotatable bonds is 5. The number of benzene rings is 2. The van der Waals surface area contributed by atoms with Gasteiger partial charge in [-0.2, -0.15) is 26.3 Å². The second kappa shape index (κ2) is 11.1. The molecule has 1 aliphatic carbocycles. The van der Waals surface area contributed by atoms with E-state index in [1.54, 1.807) is 13.0 Å². The minimum Gasteiger partial charge on any atom is -0.313 e. The molecule has 0 aliphatic heterocycles. The topological polar surface area (TPSA) is 33.2 Å². The lowest BCUT2D eigenvalue weighted by atomic mass is 9.81. The van der Waals surface area contributed by atoms with Crippen molar-refractivity contribution in [1.82, 2.24) is 4.98 Å². The molecule has 0 saturated heterocycles. The van der Waals surface area contributed by atoms with Gasteiger partial charge in [0.25, 0.3) is 0 Å². The number of aryl methyl sites for hydroxylation is 1. The summed E-state index contributed by atoms with van der Waals surface area (Å²) in [4.78, 5) is 19.6. The molecule has 0 spiro atoms. The zero-order valence-corrected chi connectivity index (χ0v) is 23.0. The van der Waals surface area contributed by atoms with Crippen molar-refractivity contribution < 1.29 is 35.5 Å². The van der Waals surface area contributed by atoms with Crippen LogP contribution in [0.3, 0.4) is 0 Å². The molecule has 0 N–H and O–H groups in total. The summed E-state index contributed by atoms with van der Waals surface area (Å²) >= 11 is 0. The number of alkyl halides is 6. The van der Waals surface area contributed by atoms with Gasteiger partial charge in [-0.15, -0.1) is 0 Å². The number of carbonyl (C=O) groups excluding carboxylic acids is 1. The van der Waals surface area contributed by atoms with E-state index in [-0.39, 0.29) is 12.0 Å². The van der Waals surface area contributed by atoms with Gasteiger partial charge in [0.2, 0.25) is 5.91 Å². The third-order valence-corrected chi connectivity index (χ3v) is 7.65. The zero-order chi connectivity index (χ0) is 30.3. The van der Waals surface area contributed by atoms with E-state index in [9.17, 15) is 35.5 Å². The Morgan fingerprint density at radius 3 is 1.98 bits per heavy atom. The summed E-state index contributed by atoms with van der Waals surface area (Å²) in [6.07, 6.45) is -2.04. The molecule has 4 rings (SSSR count). The predicted octanol–water partition coefficient (Wildman–Crippen LogP) is 8.91. The Labute approximate surface area is 234 Å². The Bertz CT molecular complexity index is 1410. The summed E-state index contributed by atoms with van der Waals surface area (Å²) in [5, 5.41) is 0. The van der Waals surface area contributed by atoms with Gasteiger partial charge < -0.3 is 4.90 Å². The van der Waals surface area contributed by atoms with Crippen LogP contribution in [-0.2, 0) is 22.6 Å². The smallest absolute Gasteiger partial charge is 0.313 e. The molecule has 41 heavy (non-hydrogen) atoms. The first-order valence-corrected chi connectivity index (χ1v) is 13.1. The molecule has 0 bridgehead atoms. The maximum atomic E-state index is 14.0. The van der Waals surface area contributed by atoms with Crippen LogP contribution in [-0.4, -0.2) is 17.9 Å². The van der Waals surface area contributed by atoms with Crippen molar-refractivity contribution in [3.63, 3.8) is 0 Å². The number of nitrogens with zero attached hydrogens (tertiary/aromatic N) is 2. The molecule has 2 aromatic carbocycles. The van der Waals surface area contributed by atoms with E-state index < -0.39 is 46.2 Å². The van der Waals surface area contributed by atoms with E-state index in [1.165, 1.54) is 44.1 Å². The van der Waals surface area contributed by atoms with Gasteiger partial charge in [-0.05, 0) is 106 Å². The van der Waals surface area contributed by atoms with Gasteiger partial charge >= 0.3 is 12.4 Å².